The number of aryl methyl sites for hydroxylation is 2. The van der Waals surface area contributed by atoms with E-state index in [-0.39, 0.29) is 5.91 Å². The zero-order valence-corrected chi connectivity index (χ0v) is 14.7. The Hall–Kier alpha value is -2.02. The second-order valence-electron chi connectivity index (χ2n) is 7.46. The van der Waals surface area contributed by atoms with E-state index in [1.807, 2.05) is 24.8 Å². The van der Waals surface area contributed by atoms with Crippen LogP contribution in [0.4, 0.5) is 0 Å². The molecule has 0 N–H and O–H groups in total. The first-order valence-corrected chi connectivity index (χ1v) is 8.61. The lowest BCUT2D eigenvalue weighted by Crippen LogP contribution is -2.52. The Balaban J connectivity index is 1.64. The van der Waals surface area contributed by atoms with Crippen LogP contribution < -0.4 is 0 Å². The van der Waals surface area contributed by atoms with E-state index in [2.05, 4.69) is 34.2 Å². The highest BCUT2D eigenvalue weighted by molar-refractivity contribution is 5.91. The van der Waals surface area contributed by atoms with Gasteiger partial charge in [0.05, 0.1) is 0 Å². The van der Waals surface area contributed by atoms with Gasteiger partial charge in [-0.1, -0.05) is 0 Å². The van der Waals surface area contributed by atoms with Crippen LogP contribution in [0.2, 0.25) is 0 Å². The molecule has 1 saturated carbocycles. The van der Waals surface area contributed by atoms with Gasteiger partial charge in [0.1, 0.15) is 0 Å². The maximum absolute atomic E-state index is 13.1. The third-order valence-corrected chi connectivity index (χ3v) is 5.55. The van der Waals surface area contributed by atoms with Gasteiger partial charge in [0, 0.05) is 30.5 Å². The van der Waals surface area contributed by atoms with Gasteiger partial charge in [0.15, 0.2) is 0 Å². The second-order valence-corrected chi connectivity index (χ2v) is 7.46. The molecule has 2 aliphatic rings. The van der Waals surface area contributed by atoms with Crippen molar-refractivity contribution in [2.24, 2.45) is 11.8 Å². The van der Waals surface area contributed by atoms with Gasteiger partial charge in [-0.3, -0.25) is 9.20 Å². The van der Waals surface area contributed by atoms with Gasteiger partial charge in [-0.2, -0.15) is 0 Å². The number of amides is 1. The monoisotopic (exact) mass is 328 g/mol. The van der Waals surface area contributed by atoms with Crippen LogP contribution >= 0.6 is 0 Å². The molecule has 3 heterocycles. The number of likely N-dealkylation sites (tertiary alicyclic amines) is 1. The zero-order chi connectivity index (χ0) is 17.0. The van der Waals surface area contributed by atoms with E-state index in [9.17, 15) is 4.79 Å². The fourth-order valence-electron chi connectivity index (χ4n) is 4.71. The Kier molecular flexibility index (Phi) is 3.56. The quantitative estimate of drug-likeness (QED) is 0.827. The lowest BCUT2D eigenvalue weighted by atomic mass is 9.91. The van der Waals surface area contributed by atoms with Crippen molar-refractivity contribution in [3.05, 3.63) is 23.3 Å². The fraction of sp³-hybridized carbons (Fsp3) is 0.647. The van der Waals surface area contributed by atoms with E-state index in [0.29, 0.717) is 29.5 Å². The molecule has 1 aliphatic heterocycles. The van der Waals surface area contributed by atoms with Crippen LogP contribution in [0.25, 0.3) is 5.78 Å². The molecule has 0 radical (unpaired) electrons. The number of nitrogens with zero attached hydrogens (tertiary/aromatic N) is 6. The van der Waals surface area contributed by atoms with Crippen molar-refractivity contribution in [3.63, 3.8) is 0 Å². The van der Waals surface area contributed by atoms with Crippen LogP contribution in [0.5, 0.6) is 0 Å². The molecule has 2 aromatic rings. The molecule has 1 saturated heterocycles. The summed E-state index contributed by atoms with van der Waals surface area (Å²) in [6.07, 6.45) is 2.41. The molecule has 128 valence electrons. The molecule has 0 spiro atoms. The van der Waals surface area contributed by atoms with Gasteiger partial charge in [-0.05, 0) is 58.7 Å². The predicted molar refractivity (Wildman–Crippen MR) is 89.8 cm³/mol. The van der Waals surface area contributed by atoms with E-state index in [0.717, 1.165) is 24.5 Å². The number of fused-ring (bicyclic) bond motifs is 3. The molecule has 2 aromatic heterocycles. The molecule has 7 heteroatoms. The third-order valence-electron chi connectivity index (χ3n) is 5.55. The summed E-state index contributed by atoms with van der Waals surface area (Å²) in [5.41, 5.74) is 1.83. The van der Waals surface area contributed by atoms with Gasteiger partial charge in [0.25, 0.3) is 11.7 Å². The molecule has 2 fully saturated rings. The van der Waals surface area contributed by atoms with Gasteiger partial charge in [-0.25, -0.2) is 4.98 Å². The molecule has 2 atom stereocenters. The maximum atomic E-state index is 13.1. The van der Waals surface area contributed by atoms with Gasteiger partial charge >= 0.3 is 0 Å². The first kappa shape index (κ1) is 15.5. The summed E-state index contributed by atoms with van der Waals surface area (Å²) in [4.78, 5) is 21.7. The number of hydrogen-bond donors (Lipinski definition) is 0. The molecule has 1 aliphatic carbocycles. The Bertz CT molecular complexity index is 784. The highest BCUT2D eigenvalue weighted by Crippen LogP contribution is 2.39. The van der Waals surface area contributed by atoms with Crippen molar-refractivity contribution in [1.82, 2.24) is 29.4 Å². The topological polar surface area (TPSA) is 66.6 Å². The average molecular weight is 328 g/mol. The van der Waals surface area contributed by atoms with Gasteiger partial charge < -0.3 is 9.80 Å². The maximum Gasteiger partial charge on any atom is 0.292 e. The van der Waals surface area contributed by atoms with Crippen molar-refractivity contribution in [2.45, 2.75) is 32.7 Å². The molecule has 2 bridgehead atoms. The van der Waals surface area contributed by atoms with Crippen LogP contribution in [-0.4, -0.2) is 68.5 Å². The molecule has 24 heavy (non-hydrogen) atoms. The number of rotatable bonds is 2. The molecular weight excluding hydrogens is 304 g/mol. The summed E-state index contributed by atoms with van der Waals surface area (Å²) in [6, 6.07) is 2.55. The minimum absolute atomic E-state index is 0.0228. The summed E-state index contributed by atoms with van der Waals surface area (Å²) in [6.45, 7) is 5.51. The van der Waals surface area contributed by atoms with Crippen molar-refractivity contribution in [2.75, 3.05) is 27.2 Å². The van der Waals surface area contributed by atoms with E-state index in [1.165, 1.54) is 12.8 Å². The van der Waals surface area contributed by atoms with Crippen LogP contribution in [0, 0.1) is 25.7 Å². The summed E-state index contributed by atoms with van der Waals surface area (Å²) >= 11 is 0. The summed E-state index contributed by atoms with van der Waals surface area (Å²) in [7, 11) is 4.30. The second kappa shape index (κ2) is 5.51. The highest BCUT2D eigenvalue weighted by Gasteiger charge is 2.44. The standard InChI is InChI=1S/C17H24N6O/c1-10-7-11(2)23-15(19-20-17(23)18-10)16(24)22-8-12-5-6-13(9-22)14(12)21(3)4/h7,12-14H,5-6,8-9H2,1-4H3. The average Bonchev–Trinajstić information content (AvgIpc) is 3.05. The largest absolute Gasteiger partial charge is 0.335 e. The first-order chi connectivity index (χ1) is 11.5. The lowest BCUT2D eigenvalue weighted by Gasteiger charge is -2.40. The van der Waals surface area contributed by atoms with Crippen molar-refractivity contribution >= 4 is 11.7 Å². The smallest absolute Gasteiger partial charge is 0.292 e. The molecule has 7 nitrogen and oxygen atoms in total. The number of hydrogen-bond acceptors (Lipinski definition) is 5. The summed E-state index contributed by atoms with van der Waals surface area (Å²) < 4.78 is 1.77. The van der Waals surface area contributed by atoms with E-state index >= 15 is 0 Å². The van der Waals surface area contributed by atoms with Crippen LogP contribution in [0.3, 0.4) is 0 Å². The number of piperidine rings is 1. The normalized spacial score (nSPS) is 26.5. The Morgan fingerprint density at radius 2 is 1.83 bits per heavy atom. The van der Waals surface area contributed by atoms with Gasteiger partial charge in [-0.15, -0.1) is 10.2 Å². The van der Waals surface area contributed by atoms with E-state index in [4.69, 9.17) is 0 Å². The Morgan fingerprint density at radius 1 is 1.17 bits per heavy atom. The first-order valence-electron chi connectivity index (χ1n) is 8.61. The SMILES string of the molecule is Cc1cc(C)n2c(C(=O)N3CC4CCC(C3)C4N(C)C)nnc2n1. The van der Waals surface area contributed by atoms with Gasteiger partial charge in [0.2, 0.25) is 5.82 Å². The molecule has 4 rings (SSSR count). The zero-order valence-electron chi connectivity index (χ0n) is 14.7. The van der Waals surface area contributed by atoms with Crippen molar-refractivity contribution in [1.29, 1.82) is 0 Å². The molecule has 2 unspecified atom stereocenters. The van der Waals surface area contributed by atoms with Crippen molar-refractivity contribution < 1.29 is 4.79 Å². The minimum atomic E-state index is -0.0228. The number of aromatic nitrogens is 4. The summed E-state index contributed by atoms with van der Waals surface area (Å²) in [5, 5.41) is 8.25. The minimum Gasteiger partial charge on any atom is -0.335 e. The fourth-order valence-corrected chi connectivity index (χ4v) is 4.71. The molecular formula is C17H24N6O. The van der Waals surface area contributed by atoms with Crippen molar-refractivity contribution in [3.8, 4) is 0 Å². The molecule has 1 amide bonds. The predicted octanol–water partition coefficient (Wildman–Crippen LogP) is 1.15. The van der Waals surface area contributed by atoms with Crippen LogP contribution in [0.15, 0.2) is 6.07 Å². The molecule has 0 aromatic carbocycles. The Labute approximate surface area is 141 Å². The third kappa shape index (κ3) is 2.30. The van der Waals surface area contributed by atoms with E-state index in [1.54, 1.807) is 4.40 Å². The van der Waals surface area contributed by atoms with Crippen LogP contribution in [0.1, 0.15) is 34.8 Å². The number of carbonyl (C=O) groups excluding carboxylic acids is 1. The highest BCUT2D eigenvalue weighted by atomic mass is 16.2. The lowest BCUT2D eigenvalue weighted by molar-refractivity contribution is 0.0475. The Morgan fingerprint density at radius 3 is 2.46 bits per heavy atom. The summed E-state index contributed by atoms with van der Waals surface area (Å²) in [5.74, 6) is 1.98. The van der Waals surface area contributed by atoms with E-state index < -0.39 is 0 Å². The van der Waals surface area contributed by atoms with Crippen LogP contribution in [-0.2, 0) is 0 Å². The number of carbonyl (C=O) groups is 1.